The van der Waals surface area contributed by atoms with Crippen LogP contribution >= 0.6 is 0 Å². The lowest BCUT2D eigenvalue weighted by Crippen LogP contribution is -1.97. The van der Waals surface area contributed by atoms with Crippen LogP contribution in [0.15, 0.2) is 243 Å². The molecule has 0 unspecified atom stereocenters. The lowest BCUT2D eigenvalue weighted by molar-refractivity contribution is 1.30. The normalized spacial score (nSPS) is 11.0. The molecule has 66 heavy (non-hydrogen) atoms. The van der Waals surface area contributed by atoms with E-state index < -0.39 is 0 Å². The minimum absolute atomic E-state index is 0.831. The Morgan fingerprint density at radius 1 is 0.182 bits per heavy atom. The molecule has 0 N–H and O–H groups in total. The number of nitrogens with zero attached hydrogens (tertiary/aromatic N) is 6. The van der Waals surface area contributed by atoms with Gasteiger partial charge in [-0.3, -0.25) is 29.9 Å². The minimum Gasteiger partial charge on any atom is -0.256 e. The van der Waals surface area contributed by atoms with Gasteiger partial charge >= 0.3 is 0 Å². The van der Waals surface area contributed by atoms with Gasteiger partial charge in [-0.2, -0.15) is 0 Å². The van der Waals surface area contributed by atoms with Crippen molar-refractivity contribution in [2.45, 2.75) is 0 Å². The fourth-order valence-corrected chi connectivity index (χ4v) is 8.50. The van der Waals surface area contributed by atoms with Crippen LogP contribution in [0, 0.1) is 0 Å². The van der Waals surface area contributed by atoms with Gasteiger partial charge in [0.25, 0.3) is 0 Å². The number of benzene rings is 5. The van der Waals surface area contributed by atoms with Crippen LogP contribution in [0.25, 0.3) is 112 Å². The van der Waals surface area contributed by atoms with Crippen LogP contribution in [-0.4, -0.2) is 29.9 Å². The quantitative estimate of drug-likeness (QED) is 0.136. The monoisotopic (exact) mass is 844 g/mol. The van der Waals surface area contributed by atoms with Gasteiger partial charge in [-0.15, -0.1) is 0 Å². The van der Waals surface area contributed by atoms with E-state index in [1.807, 2.05) is 122 Å². The molecule has 11 aromatic rings. The van der Waals surface area contributed by atoms with E-state index in [-0.39, 0.29) is 0 Å². The molecule has 0 amide bonds. The molecule has 0 aliphatic carbocycles. The molecule has 0 saturated heterocycles. The summed E-state index contributed by atoms with van der Waals surface area (Å²) < 4.78 is 0. The predicted molar refractivity (Wildman–Crippen MR) is 268 cm³/mol. The van der Waals surface area contributed by atoms with Gasteiger partial charge in [0.1, 0.15) is 0 Å². The van der Waals surface area contributed by atoms with Gasteiger partial charge in [-0.1, -0.05) is 97.1 Å². The van der Waals surface area contributed by atoms with Crippen molar-refractivity contribution in [2.24, 2.45) is 0 Å². The first-order valence-electron chi connectivity index (χ1n) is 21.9. The summed E-state index contributed by atoms with van der Waals surface area (Å²) in [5, 5.41) is 0. The lowest BCUT2D eigenvalue weighted by atomic mass is 9.85. The second-order valence-corrected chi connectivity index (χ2v) is 16.0. The van der Waals surface area contributed by atoms with Crippen molar-refractivity contribution >= 4 is 0 Å². The number of hydrogen-bond acceptors (Lipinski definition) is 6. The zero-order valence-corrected chi connectivity index (χ0v) is 35.8. The standard InChI is InChI=1S/C60H40N6/c1-3-15-41(16-4-1)43-23-25-59(65-39-43)53-38-54(60-26-24-44(40-66-60)42-17-5-2-6-18-42)52(46-33-49(57-21-9-13-29-63-57)36-50(34-46)58-22-10-14-30-64-58)37-51(53)45-31-47(55-19-7-11-27-61-55)35-48(32-45)56-20-8-12-28-62-56/h1-40H. The Labute approximate surface area is 383 Å². The van der Waals surface area contributed by atoms with Gasteiger partial charge in [0, 0.05) is 81.7 Å². The maximum atomic E-state index is 5.21. The molecule has 6 aromatic heterocycles. The molecule has 0 bridgehead atoms. The molecule has 5 aromatic carbocycles. The average Bonchev–Trinajstić information content (AvgIpc) is 3.42. The van der Waals surface area contributed by atoms with Crippen molar-refractivity contribution in [3.8, 4) is 112 Å². The molecule has 6 nitrogen and oxygen atoms in total. The maximum Gasteiger partial charge on any atom is 0.0708 e. The topological polar surface area (TPSA) is 77.3 Å². The number of aromatic nitrogens is 6. The number of rotatable bonds is 10. The third kappa shape index (κ3) is 8.30. The fourth-order valence-electron chi connectivity index (χ4n) is 8.50. The third-order valence-electron chi connectivity index (χ3n) is 11.8. The van der Waals surface area contributed by atoms with Crippen molar-refractivity contribution < 1.29 is 0 Å². The van der Waals surface area contributed by atoms with E-state index >= 15 is 0 Å². The summed E-state index contributed by atoms with van der Waals surface area (Å²) >= 11 is 0. The summed E-state index contributed by atoms with van der Waals surface area (Å²) in [7, 11) is 0. The molecule has 0 aliphatic heterocycles. The highest BCUT2D eigenvalue weighted by atomic mass is 14.7. The van der Waals surface area contributed by atoms with Crippen LogP contribution in [0.2, 0.25) is 0 Å². The molecule has 0 atom stereocenters. The highest BCUT2D eigenvalue weighted by Gasteiger charge is 2.21. The molecule has 0 fully saturated rings. The Bertz CT molecular complexity index is 3060. The van der Waals surface area contributed by atoms with E-state index in [0.29, 0.717) is 0 Å². The Morgan fingerprint density at radius 3 is 0.803 bits per heavy atom. The van der Waals surface area contributed by atoms with E-state index in [9.17, 15) is 0 Å². The zero-order chi connectivity index (χ0) is 44.1. The fraction of sp³-hybridized carbons (Fsp3) is 0. The maximum absolute atomic E-state index is 5.21. The Balaban J connectivity index is 1.21. The highest BCUT2D eigenvalue weighted by Crippen LogP contribution is 2.45. The van der Waals surface area contributed by atoms with Crippen LogP contribution in [0.5, 0.6) is 0 Å². The number of pyridine rings is 6. The van der Waals surface area contributed by atoms with Gasteiger partial charge in [-0.25, -0.2) is 0 Å². The smallest absolute Gasteiger partial charge is 0.0708 e. The van der Waals surface area contributed by atoms with E-state index in [0.717, 1.165) is 112 Å². The summed E-state index contributed by atoms with van der Waals surface area (Å²) in [5.74, 6) is 0. The zero-order valence-electron chi connectivity index (χ0n) is 35.8. The van der Waals surface area contributed by atoms with Crippen LogP contribution < -0.4 is 0 Å². The Kier molecular flexibility index (Phi) is 10.9. The van der Waals surface area contributed by atoms with Crippen LogP contribution in [0.1, 0.15) is 0 Å². The Hall–Kier alpha value is -9.00. The largest absolute Gasteiger partial charge is 0.256 e. The molecule has 0 spiro atoms. The summed E-state index contributed by atoms with van der Waals surface area (Å²) in [6, 6.07) is 71.2. The summed E-state index contributed by atoms with van der Waals surface area (Å²) in [6.07, 6.45) is 11.3. The highest BCUT2D eigenvalue weighted by molar-refractivity contribution is 5.97. The lowest BCUT2D eigenvalue weighted by Gasteiger charge is -2.20. The van der Waals surface area contributed by atoms with Gasteiger partial charge in [0.15, 0.2) is 0 Å². The molecule has 0 saturated carbocycles. The molecular formula is C60H40N6. The van der Waals surface area contributed by atoms with E-state index in [2.05, 4.69) is 121 Å². The summed E-state index contributed by atoms with van der Waals surface area (Å²) in [5.41, 5.74) is 19.2. The van der Waals surface area contributed by atoms with E-state index in [1.165, 1.54) is 0 Å². The van der Waals surface area contributed by atoms with Crippen LogP contribution in [0.3, 0.4) is 0 Å². The van der Waals surface area contributed by atoms with Crippen LogP contribution in [-0.2, 0) is 0 Å². The van der Waals surface area contributed by atoms with E-state index in [4.69, 9.17) is 29.9 Å². The van der Waals surface area contributed by atoms with Crippen molar-refractivity contribution in [1.82, 2.24) is 29.9 Å². The predicted octanol–water partition coefficient (Wildman–Crippen LogP) is 14.7. The Morgan fingerprint density at radius 2 is 0.500 bits per heavy atom. The third-order valence-corrected chi connectivity index (χ3v) is 11.8. The van der Waals surface area contributed by atoms with Gasteiger partial charge in [0.2, 0.25) is 0 Å². The first-order chi connectivity index (χ1) is 32.7. The molecule has 6 heterocycles. The van der Waals surface area contributed by atoms with Crippen molar-refractivity contribution in [2.75, 3.05) is 0 Å². The number of hydrogen-bond donors (Lipinski definition) is 0. The SMILES string of the molecule is c1ccc(-c2ccc(-c3cc(-c4ccc(-c5ccccc5)cn4)c(-c4cc(-c5ccccn5)cc(-c5ccccn5)c4)cc3-c3cc(-c4ccccn4)cc(-c4ccccn4)c3)nc2)cc1. The average molecular weight is 845 g/mol. The molecule has 6 heteroatoms. The van der Waals surface area contributed by atoms with Crippen molar-refractivity contribution in [3.63, 3.8) is 0 Å². The molecule has 11 rings (SSSR count). The first-order valence-corrected chi connectivity index (χ1v) is 21.9. The van der Waals surface area contributed by atoms with Crippen molar-refractivity contribution in [1.29, 1.82) is 0 Å². The summed E-state index contributed by atoms with van der Waals surface area (Å²) in [4.78, 5) is 29.7. The molecule has 0 aliphatic rings. The van der Waals surface area contributed by atoms with E-state index in [1.54, 1.807) is 0 Å². The minimum atomic E-state index is 0.831. The van der Waals surface area contributed by atoms with Gasteiger partial charge in [-0.05, 0) is 143 Å². The second-order valence-electron chi connectivity index (χ2n) is 16.0. The molecule has 310 valence electrons. The second kappa shape index (κ2) is 18.0. The van der Waals surface area contributed by atoms with Crippen molar-refractivity contribution in [3.05, 3.63) is 243 Å². The molecular weight excluding hydrogens is 805 g/mol. The summed E-state index contributed by atoms with van der Waals surface area (Å²) in [6.45, 7) is 0. The van der Waals surface area contributed by atoms with Gasteiger partial charge in [0.05, 0.1) is 34.2 Å². The first kappa shape index (κ1) is 39.8. The molecule has 0 radical (unpaired) electrons. The van der Waals surface area contributed by atoms with Crippen LogP contribution in [0.4, 0.5) is 0 Å². The van der Waals surface area contributed by atoms with Gasteiger partial charge < -0.3 is 0 Å².